The number of thiophene rings is 1. The first-order valence-electron chi connectivity index (χ1n) is 7.46. The van der Waals surface area contributed by atoms with Gasteiger partial charge in [0.15, 0.2) is 0 Å². The maximum absolute atomic E-state index is 9.19. The zero-order valence-electron chi connectivity index (χ0n) is 11.4. The van der Waals surface area contributed by atoms with Crippen LogP contribution in [0.1, 0.15) is 53.3 Å². The van der Waals surface area contributed by atoms with Gasteiger partial charge >= 0.3 is 0 Å². The van der Waals surface area contributed by atoms with E-state index in [1.54, 1.807) is 11.3 Å². The average molecular weight is 272 g/mol. The number of hydrogen-bond acceptors (Lipinski definition) is 3. The third-order valence-corrected chi connectivity index (χ3v) is 6.87. The number of nitrogen functional groups attached to an aromatic ring is 1. The van der Waals surface area contributed by atoms with E-state index in [0.29, 0.717) is 5.92 Å². The van der Waals surface area contributed by atoms with Gasteiger partial charge in [0, 0.05) is 4.88 Å². The molecule has 0 unspecified atom stereocenters. The van der Waals surface area contributed by atoms with Gasteiger partial charge in [0.1, 0.15) is 10.9 Å². The number of anilines is 1. The van der Waals surface area contributed by atoms with Crippen molar-refractivity contribution in [2.75, 3.05) is 5.73 Å². The lowest BCUT2D eigenvalue weighted by atomic mass is 9.50. The molecule has 4 saturated carbocycles. The van der Waals surface area contributed by atoms with Crippen LogP contribution in [0.3, 0.4) is 0 Å². The Balaban J connectivity index is 1.77. The van der Waals surface area contributed by atoms with E-state index in [4.69, 9.17) is 5.73 Å². The summed E-state index contributed by atoms with van der Waals surface area (Å²) < 4.78 is 0. The van der Waals surface area contributed by atoms with Crippen molar-refractivity contribution < 1.29 is 0 Å². The van der Waals surface area contributed by atoms with Crippen molar-refractivity contribution in [1.29, 1.82) is 5.26 Å². The Kier molecular flexibility index (Phi) is 2.48. The molecule has 0 saturated heterocycles. The van der Waals surface area contributed by atoms with E-state index in [2.05, 4.69) is 13.0 Å². The van der Waals surface area contributed by atoms with Crippen LogP contribution in [0.25, 0.3) is 0 Å². The molecule has 4 aliphatic carbocycles. The van der Waals surface area contributed by atoms with Crippen LogP contribution in [-0.2, 0) is 0 Å². The fraction of sp³-hybridized carbons (Fsp3) is 0.688. The summed E-state index contributed by atoms with van der Waals surface area (Å²) in [6.07, 6.45) is 7.13. The van der Waals surface area contributed by atoms with E-state index >= 15 is 0 Å². The van der Waals surface area contributed by atoms with Gasteiger partial charge in [-0.05, 0) is 74.2 Å². The molecule has 4 aliphatic rings. The highest BCUT2D eigenvalue weighted by Gasteiger charge is 2.49. The molecule has 2 nitrogen and oxygen atoms in total. The standard InChI is InChI=1S/C16H20N2S/c1-8-14(16(18)13(7-17)19-8)15-11-3-9-2-10(5-11)6-12(15)4-9/h9-12,15H,2-6,18H2,1H3. The summed E-state index contributed by atoms with van der Waals surface area (Å²) in [6, 6.07) is 2.27. The van der Waals surface area contributed by atoms with Gasteiger partial charge in [-0.1, -0.05) is 0 Å². The highest BCUT2D eigenvalue weighted by Crippen LogP contribution is 2.61. The number of nitrogens with zero attached hydrogens (tertiary/aromatic N) is 1. The minimum Gasteiger partial charge on any atom is -0.397 e. The molecule has 1 aromatic heterocycles. The Morgan fingerprint density at radius 1 is 1.11 bits per heavy atom. The van der Waals surface area contributed by atoms with Crippen molar-refractivity contribution >= 4 is 17.0 Å². The molecule has 4 fully saturated rings. The molecule has 19 heavy (non-hydrogen) atoms. The first-order valence-corrected chi connectivity index (χ1v) is 8.27. The summed E-state index contributed by atoms with van der Waals surface area (Å²) in [5, 5.41) is 9.19. The molecule has 1 aromatic rings. The molecule has 0 aromatic carbocycles. The molecule has 0 amide bonds. The van der Waals surface area contributed by atoms with Gasteiger partial charge in [-0.3, -0.25) is 0 Å². The minimum atomic E-state index is 0.658. The highest BCUT2D eigenvalue weighted by molar-refractivity contribution is 7.13. The second-order valence-electron chi connectivity index (χ2n) is 6.88. The Morgan fingerprint density at radius 3 is 2.16 bits per heavy atom. The molecule has 0 aliphatic heterocycles. The molecular formula is C16H20N2S. The lowest BCUT2D eigenvalue weighted by Gasteiger charge is -2.54. The third-order valence-electron chi connectivity index (χ3n) is 5.83. The monoisotopic (exact) mass is 272 g/mol. The van der Waals surface area contributed by atoms with Crippen LogP contribution in [0.4, 0.5) is 5.69 Å². The van der Waals surface area contributed by atoms with E-state index in [0.717, 1.165) is 34.2 Å². The Hall–Kier alpha value is -1.01. The van der Waals surface area contributed by atoms with Gasteiger partial charge in [-0.25, -0.2) is 0 Å². The summed E-state index contributed by atoms with van der Waals surface area (Å²) in [4.78, 5) is 2.04. The largest absolute Gasteiger partial charge is 0.397 e. The van der Waals surface area contributed by atoms with Crippen LogP contribution in [0.2, 0.25) is 0 Å². The van der Waals surface area contributed by atoms with E-state index in [9.17, 15) is 5.26 Å². The molecule has 100 valence electrons. The number of hydrogen-bond donors (Lipinski definition) is 1. The van der Waals surface area contributed by atoms with Crippen LogP contribution < -0.4 is 5.73 Å². The number of nitriles is 1. The topological polar surface area (TPSA) is 49.8 Å². The van der Waals surface area contributed by atoms with Crippen LogP contribution in [0.15, 0.2) is 0 Å². The average Bonchev–Trinajstić information content (AvgIpc) is 2.65. The predicted molar refractivity (Wildman–Crippen MR) is 78.0 cm³/mol. The Morgan fingerprint density at radius 2 is 1.68 bits per heavy atom. The SMILES string of the molecule is Cc1sc(C#N)c(N)c1C1C2CC3CC(C2)CC1C3. The fourth-order valence-corrected chi connectivity index (χ4v) is 6.40. The normalized spacial score (nSPS) is 39.5. The molecule has 4 bridgehead atoms. The second kappa shape index (κ2) is 3.99. The molecule has 3 heteroatoms. The Labute approximate surface area is 118 Å². The minimum absolute atomic E-state index is 0.658. The van der Waals surface area contributed by atoms with Gasteiger partial charge in [0.25, 0.3) is 0 Å². The lowest BCUT2D eigenvalue weighted by Crippen LogP contribution is -2.44. The van der Waals surface area contributed by atoms with Crippen LogP contribution in [0, 0.1) is 41.9 Å². The summed E-state index contributed by atoms with van der Waals surface area (Å²) in [5.74, 6) is 4.34. The molecular weight excluding hydrogens is 252 g/mol. The zero-order valence-corrected chi connectivity index (χ0v) is 12.2. The lowest BCUT2D eigenvalue weighted by molar-refractivity contribution is -0.00260. The van der Waals surface area contributed by atoms with Crippen molar-refractivity contribution in [3.05, 3.63) is 15.3 Å². The van der Waals surface area contributed by atoms with Crippen LogP contribution >= 0.6 is 11.3 Å². The van der Waals surface area contributed by atoms with Gasteiger partial charge in [-0.2, -0.15) is 5.26 Å². The molecule has 1 heterocycles. The van der Waals surface area contributed by atoms with E-state index < -0.39 is 0 Å². The van der Waals surface area contributed by atoms with E-state index in [1.807, 2.05) is 0 Å². The zero-order chi connectivity index (χ0) is 13.1. The maximum Gasteiger partial charge on any atom is 0.128 e. The first kappa shape index (κ1) is 11.8. The number of aryl methyl sites for hydroxylation is 1. The van der Waals surface area contributed by atoms with Gasteiger partial charge in [0.2, 0.25) is 0 Å². The van der Waals surface area contributed by atoms with E-state index in [1.165, 1.54) is 42.5 Å². The summed E-state index contributed by atoms with van der Waals surface area (Å²) in [7, 11) is 0. The maximum atomic E-state index is 9.19. The fourth-order valence-electron chi connectivity index (χ4n) is 5.47. The molecule has 0 radical (unpaired) electrons. The molecule has 2 N–H and O–H groups in total. The summed E-state index contributed by atoms with van der Waals surface area (Å²) in [6.45, 7) is 2.16. The summed E-state index contributed by atoms with van der Waals surface area (Å²) >= 11 is 1.60. The Bertz CT molecular complexity index is 538. The van der Waals surface area contributed by atoms with Crippen molar-refractivity contribution in [1.82, 2.24) is 0 Å². The van der Waals surface area contributed by atoms with Crippen molar-refractivity contribution in [3.63, 3.8) is 0 Å². The molecule has 0 spiro atoms. The predicted octanol–water partition coefficient (Wildman–Crippen LogP) is 4.05. The van der Waals surface area contributed by atoms with Gasteiger partial charge in [0.05, 0.1) is 5.69 Å². The smallest absolute Gasteiger partial charge is 0.128 e. The van der Waals surface area contributed by atoms with Crippen LogP contribution in [0.5, 0.6) is 0 Å². The van der Waals surface area contributed by atoms with Gasteiger partial charge < -0.3 is 5.73 Å². The second-order valence-corrected chi connectivity index (χ2v) is 8.11. The van der Waals surface area contributed by atoms with Crippen molar-refractivity contribution in [3.8, 4) is 6.07 Å². The number of nitrogens with two attached hydrogens (primary N) is 1. The summed E-state index contributed by atoms with van der Waals surface area (Å²) in [5.41, 5.74) is 8.45. The number of rotatable bonds is 1. The highest BCUT2D eigenvalue weighted by atomic mass is 32.1. The third kappa shape index (κ3) is 1.59. The van der Waals surface area contributed by atoms with E-state index in [-0.39, 0.29) is 0 Å². The molecule has 5 rings (SSSR count). The molecule has 0 atom stereocenters. The van der Waals surface area contributed by atoms with Crippen LogP contribution in [-0.4, -0.2) is 0 Å². The quantitative estimate of drug-likeness (QED) is 0.838. The first-order chi connectivity index (χ1) is 9.17. The van der Waals surface area contributed by atoms with Crippen molar-refractivity contribution in [2.24, 2.45) is 23.7 Å². The van der Waals surface area contributed by atoms with Gasteiger partial charge in [-0.15, -0.1) is 11.3 Å². The van der Waals surface area contributed by atoms with Crippen molar-refractivity contribution in [2.45, 2.75) is 44.9 Å².